The molecule has 21 heavy (non-hydrogen) atoms. The van der Waals surface area contributed by atoms with Crippen LogP contribution in [0.25, 0.3) is 0 Å². The molecule has 0 atom stereocenters. The summed E-state index contributed by atoms with van der Waals surface area (Å²) in [5.41, 5.74) is 0.568. The predicted octanol–water partition coefficient (Wildman–Crippen LogP) is 2.22. The molecule has 0 fully saturated rings. The molecule has 5 nitrogen and oxygen atoms in total. The molecule has 1 rings (SSSR count). The summed E-state index contributed by atoms with van der Waals surface area (Å²) in [7, 11) is 0. The number of carbonyl (C=O) groups excluding carboxylic acids is 2. The van der Waals surface area contributed by atoms with Gasteiger partial charge in [0.2, 0.25) is 5.91 Å². The van der Waals surface area contributed by atoms with E-state index in [0.29, 0.717) is 12.1 Å². The van der Waals surface area contributed by atoms with Crippen LogP contribution in [0.15, 0.2) is 30.3 Å². The fourth-order valence-electron chi connectivity index (χ4n) is 2.01. The van der Waals surface area contributed by atoms with Crippen molar-refractivity contribution in [1.29, 1.82) is 0 Å². The van der Waals surface area contributed by atoms with Gasteiger partial charge in [-0.3, -0.25) is 14.4 Å². The summed E-state index contributed by atoms with van der Waals surface area (Å²) in [6.07, 6.45) is 0.130. The van der Waals surface area contributed by atoms with Gasteiger partial charge in [-0.05, 0) is 5.92 Å². The van der Waals surface area contributed by atoms with Gasteiger partial charge in [0.1, 0.15) is 6.54 Å². The van der Waals surface area contributed by atoms with Gasteiger partial charge in [-0.2, -0.15) is 0 Å². The number of amides is 1. The summed E-state index contributed by atoms with van der Waals surface area (Å²) in [6.45, 7) is 3.88. The highest BCUT2D eigenvalue weighted by atomic mass is 16.4. The molecule has 1 N–H and O–H groups in total. The van der Waals surface area contributed by atoms with Crippen LogP contribution in [0.4, 0.5) is 0 Å². The first-order valence-corrected chi connectivity index (χ1v) is 6.98. The number of rotatable bonds is 8. The standard InChI is InChI=1S/C16H21NO4/c1-12(2)10-17(11-16(20)21)15(19)9-8-14(18)13-6-4-3-5-7-13/h3-7,12H,8-11H2,1-2H3,(H,20,21). The van der Waals surface area contributed by atoms with Crippen LogP contribution in [0.5, 0.6) is 0 Å². The smallest absolute Gasteiger partial charge is 0.323 e. The van der Waals surface area contributed by atoms with Gasteiger partial charge in [-0.1, -0.05) is 44.2 Å². The first kappa shape index (κ1) is 16.9. The Balaban J connectivity index is 2.57. The maximum Gasteiger partial charge on any atom is 0.323 e. The second kappa shape index (κ2) is 8.19. The molecule has 0 aliphatic carbocycles. The minimum atomic E-state index is -1.04. The molecular formula is C16H21NO4. The Kier molecular flexibility index (Phi) is 6.59. The average Bonchev–Trinajstić information content (AvgIpc) is 2.43. The zero-order chi connectivity index (χ0) is 15.8. The van der Waals surface area contributed by atoms with E-state index in [0.717, 1.165) is 0 Å². The monoisotopic (exact) mass is 291 g/mol. The predicted molar refractivity (Wildman–Crippen MR) is 79.1 cm³/mol. The Morgan fingerprint density at radius 3 is 2.24 bits per heavy atom. The van der Waals surface area contributed by atoms with E-state index in [1.807, 2.05) is 19.9 Å². The van der Waals surface area contributed by atoms with Gasteiger partial charge in [0.25, 0.3) is 0 Å². The maximum absolute atomic E-state index is 12.1. The van der Waals surface area contributed by atoms with E-state index in [-0.39, 0.29) is 37.0 Å². The molecule has 0 unspecified atom stereocenters. The first-order valence-electron chi connectivity index (χ1n) is 6.98. The highest BCUT2D eigenvalue weighted by Gasteiger charge is 2.19. The SMILES string of the molecule is CC(C)CN(CC(=O)O)C(=O)CCC(=O)c1ccccc1. The van der Waals surface area contributed by atoms with Crippen molar-refractivity contribution in [2.75, 3.05) is 13.1 Å². The van der Waals surface area contributed by atoms with Gasteiger partial charge in [-0.25, -0.2) is 0 Å². The highest BCUT2D eigenvalue weighted by molar-refractivity contribution is 5.98. The molecule has 0 heterocycles. The molecule has 1 aromatic carbocycles. The largest absolute Gasteiger partial charge is 0.480 e. The summed E-state index contributed by atoms with van der Waals surface area (Å²) < 4.78 is 0. The summed E-state index contributed by atoms with van der Waals surface area (Å²) in [5.74, 6) is -1.27. The Morgan fingerprint density at radius 1 is 1.10 bits per heavy atom. The van der Waals surface area contributed by atoms with Crippen molar-refractivity contribution < 1.29 is 19.5 Å². The Morgan fingerprint density at radius 2 is 1.71 bits per heavy atom. The summed E-state index contributed by atoms with van der Waals surface area (Å²) >= 11 is 0. The molecule has 0 aliphatic rings. The highest BCUT2D eigenvalue weighted by Crippen LogP contribution is 2.08. The van der Waals surface area contributed by atoms with Crippen LogP contribution in [-0.2, 0) is 9.59 Å². The number of carbonyl (C=O) groups is 3. The van der Waals surface area contributed by atoms with Crippen LogP contribution in [0.2, 0.25) is 0 Å². The molecule has 0 spiro atoms. The lowest BCUT2D eigenvalue weighted by atomic mass is 10.1. The zero-order valence-corrected chi connectivity index (χ0v) is 12.4. The number of benzene rings is 1. The Bertz CT molecular complexity index is 496. The van der Waals surface area contributed by atoms with Crippen molar-refractivity contribution in [2.45, 2.75) is 26.7 Å². The van der Waals surface area contributed by atoms with Crippen LogP contribution in [-0.4, -0.2) is 40.8 Å². The van der Waals surface area contributed by atoms with Crippen molar-refractivity contribution in [2.24, 2.45) is 5.92 Å². The van der Waals surface area contributed by atoms with E-state index < -0.39 is 5.97 Å². The van der Waals surface area contributed by atoms with Crippen LogP contribution < -0.4 is 0 Å². The van der Waals surface area contributed by atoms with Crippen molar-refractivity contribution in [1.82, 2.24) is 4.90 Å². The molecular weight excluding hydrogens is 270 g/mol. The van der Waals surface area contributed by atoms with Crippen molar-refractivity contribution in [3.63, 3.8) is 0 Å². The number of carboxylic acids is 1. The number of hydrogen-bond acceptors (Lipinski definition) is 3. The molecule has 0 saturated heterocycles. The summed E-state index contributed by atoms with van der Waals surface area (Å²) in [4.78, 5) is 36.1. The molecule has 5 heteroatoms. The van der Waals surface area contributed by atoms with Gasteiger partial charge in [0, 0.05) is 24.9 Å². The normalized spacial score (nSPS) is 10.4. The molecule has 0 bridgehead atoms. The van der Waals surface area contributed by atoms with Crippen molar-refractivity contribution in [3.8, 4) is 0 Å². The third-order valence-corrected chi connectivity index (χ3v) is 2.93. The lowest BCUT2D eigenvalue weighted by Gasteiger charge is -2.22. The molecule has 0 aromatic heterocycles. The molecule has 0 saturated carbocycles. The number of Topliss-reactive ketones (excluding diaryl/α,β-unsaturated/α-hetero) is 1. The first-order chi connectivity index (χ1) is 9.90. The maximum atomic E-state index is 12.1. The van der Waals surface area contributed by atoms with E-state index in [4.69, 9.17) is 5.11 Å². The van der Waals surface area contributed by atoms with Crippen molar-refractivity contribution >= 4 is 17.7 Å². The van der Waals surface area contributed by atoms with E-state index in [1.165, 1.54) is 4.90 Å². The third kappa shape index (κ3) is 6.21. The lowest BCUT2D eigenvalue weighted by molar-refractivity contribution is -0.144. The summed E-state index contributed by atoms with van der Waals surface area (Å²) in [5, 5.41) is 8.84. The van der Waals surface area contributed by atoms with Gasteiger partial charge < -0.3 is 10.0 Å². The Labute approximate surface area is 124 Å². The van der Waals surface area contributed by atoms with Crippen LogP contribution in [0.3, 0.4) is 0 Å². The quantitative estimate of drug-likeness (QED) is 0.745. The van der Waals surface area contributed by atoms with Crippen LogP contribution in [0, 0.1) is 5.92 Å². The lowest BCUT2D eigenvalue weighted by Crippen LogP contribution is -2.38. The average molecular weight is 291 g/mol. The van der Waals surface area contributed by atoms with Gasteiger partial charge in [0.15, 0.2) is 5.78 Å². The fourth-order valence-corrected chi connectivity index (χ4v) is 2.01. The van der Waals surface area contributed by atoms with E-state index in [9.17, 15) is 14.4 Å². The third-order valence-electron chi connectivity index (χ3n) is 2.93. The minimum absolute atomic E-state index is 0.0354. The molecule has 1 aromatic rings. The van der Waals surface area contributed by atoms with Gasteiger partial charge in [0.05, 0.1) is 0 Å². The number of carboxylic acid groups (broad SMARTS) is 1. The van der Waals surface area contributed by atoms with E-state index in [2.05, 4.69) is 0 Å². The number of ketones is 1. The second-order valence-corrected chi connectivity index (χ2v) is 5.35. The minimum Gasteiger partial charge on any atom is -0.480 e. The second-order valence-electron chi connectivity index (χ2n) is 5.35. The molecule has 0 aliphatic heterocycles. The molecule has 0 radical (unpaired) electrons. The van der Waals surface area contributed by atoms with Crippen LogP contribution in [0.1, 0.15) is 37.0 Å². The van der Waals surface area contributed by atoms with E-state index >= 15 is 0 Å². The number of aliphatic carboxylic acids is 1. The van der Waals surface area contributed by atoms with Crippen LogP contribution >= 0.6 is 0 Å². The zero-order valence-electron chi connectivity index (χ0n) is 12.4. The van der Waals surface area contributed by atoms with E-state index in [1.54, 1.807) is 24.3 Å². The Hall–Kier alpha value is -2.17. The number of nitrogens with zero attached hydrogens (tertiary/aromatic N) is 1. The topological polar surface area (TPSA) is 74.7 Å². The van der Waals surface area contributed by atoms with Gasteiger partial charge >= 0.3 is 5.97 Å². The molecule has 1 amide bonds. The number of hydrogen-bond donors (Lipinski definition) is 1. The summed E-state index contributed by atoms with van der Waals surface area (Å²) in [6, 6.07) is 8.76. The van der Waals surface area contributed by atoms with Crippen molar-refractivity contribution in [3.05, 3.63) is 35.9 Å². The fraction of sp³-hybridized carbons (Fsp3) is 0.438. The molecule has 114 valence electrons. The van der Waals surface area contributed by atoms with Gasteiger partial charge in [-0.15, -0.1) is 0 Å².